The van der Waals surface area contributed by atoms with Crippen molar-refractivity contribution < 1.29 is 24.3 Å². The van der Waals surface area contributed by atoms with Gasteiger partial charge in [-0.1, -0.05) is 6.07 Å². The van der Waals surface area contributed by atoms with Crippen LogP contribution in [0.25, 0.3) is 6.08 Å². The van der Waals surface area contributed by atoms with Crippen LogP contribution in [0.4, 0.5) is 5.13 Å². The normalized spacial score (nSPS) is 25.0. The van der Waals surface area contributed by atoms with Gasteiger partial charge in [-0.3, -0.25) is 19.4 Å². The first-order valence-electron chi connectivity index (χ1n) is 9.92. The van der Waals surface area contributed by atoms with Crippen molar-refractivity contribution in [2.75, 3.05) is 25.1 Å². The minimum Gasteiger partial charge on any atom is -0.480 e. The third-order valence-electron chi connectivity index (χ3n) is 5.19. The number of anilines is 1. The fraction of sp³-hybridized carbons (Fsp3) is 0.368. The van der Waals surface area contributed by atoms with Gasteiger partial charge in [0.25, 0.3) is 0 Å². The SMILES string of the molecule is CONC(C(=O)NC1C(=O)N2CC(SC=Cc3cccnc3)(C(=O)O)CS[C@H]12)c1nsc(N)n1. The number of β-lactam (4-membered cyclic amide) rings is 1. The summed E-state index contributed by atoms with van der Waals surface area (Å²) in [7, 11) is 1.34. The topological polar surface area (TPSA) is 173 Å². The molecule has 12 nitrogen and oxygen atoms in total. The molecule has 2 aromatic rings. The highest BCUT2D eigenvalue weighted by molar-refractivity contribution is 8.06. The molecule has 2 aliphatic heterocycles. The third-order valence-corrected chi connectivity index (χ3v) is 8.63. The van der Waals surface area contributed by atoms with Crippen LogP contribution in [0.2, 0.25) is 0 Å². The number of nitrogens with two attached hydrogens (primary N) is 1. The van der Waals surface area contributed by atoms with Crippen LogP contribution in [-0.4, -0.2) is 77.7 Å². The number of fused-ring (bicyclic) bond motifs is 1. The maximum Gasteiger partial charge on any atom is 0.322 e. The molecule has 0 radical (unpaired) electrons. The van der Waals surface area contributed by atoms with E-state index in [0.717, 1.165) is 28.9 Å². The number of amides is 2. The number of hydrogen-bond acceptors (Lipinski definition) is 12. The summed E-state index contributed by atoms with van der Waals surface area (Å²) in [5.41, 5.74) is 8.95. The maximum absolute atomic E-state index is 12.8. The van der Waals surface area contributed by atoms with Crippen molar-refractivity contribution in [3.05, 3.63) is 41.3 Å². The number of nitrogens with zero attached hydrogens (tertiary/aromatic N) is 4. The Bertz CT molecular complexity index is 1100. The number of aromatic nitrogens is 3. The summed E-state index contributed by atoms with van der Waals surface area (Å²) in [6, 6.07) is 1.80. The molecular weight excluding hydrogens is 502 g/mol. The first-order chi connectivity index (χ1) is 16.3. The second-order valence-electron chi connectivity index (χ2n) is 7.41. The van der Waals surface area contributed by atoms with Gasteiger partial charge in [0, 0.05) is 36.2 Å². The van der Waals surface area contributed by atoms with E-state index >= 15 is 0 Å². The average Bonchev–Trinajstić information content (AvgIpc) is 3.27. The molecule has 0 aliphatic carbocycles. The number of hydroxylamine groups is 1. The molecule has 2 fully saturated rings. The molecule has 4 atom stereocenters. The van der Waals surface area contributed by atoms with E-state index in [4.69, 9.17) is 10.6 Å². The Morgan fingerprint density at radius 2 is 2.32 bits per heavy atom. The number of hydrogen-bond donors (Lipinski definition) is 4. The van der Waals surface area contributed by atoms with Crippen LogP contribution in [-0.2, 0) is 19.2 Å². The number of carboxylic acid groups (broad SMARTS) is 1. The minimum absolute atomic E-state index is 0.0250. The predicted octanol–water partition coefficient (Wildman–Crippen LogP) is 0.335. The highest BCUT2D eigenvalue weighted by Crippen LogP contribution is 2.44. The van der Waals surface area contributed by atoms with Crippen molar-refractivity contribution in [2.24, 2.45) is 0 Å². The summed E-state index contributed by atoms with van der Waals surface area (Å²) in [6.07, 6.45) is 5.11. The van der Waals surface area contributed by atoms with Crippen LogP contribution in [0.3, 0.4) is 0 Å². The fourth-order valence-corrected chi connectivity index (χ4v) is 6.60. The van der Waals surface area contributed by atoms with Crippen molar-refractivity contribution in [1.29, 1.82) is 0 Å². The van der Waals surface area contributed by atoms with E-state index in [-0.39, 0.29) is 34.5 Å². The number of nitrogens with one attached hydrogen (secondary N) is 2. The van der Waals surface area contributed by atoms with Gasteiger partial charge >= 0.3 is 5.97 Å². The van der Waals surface area contributed by atoms with Crippen molar-refractivity contribution >= 4 is 64.0 Å². The van der Waals surface area contributed by atoms with Crippen LogP contribution < -0.4 is 16.5 Å². The van der Waals surface area contributed by atoms with Crippen molar-refractivity contribution in [3.63, 3.8) is 0 Å². The molecule has 5 N–H and O–H groups in total. The lowest BCUT2D eigenvalue weighted by molar-refractivity contribution is -0.152. The zero-order valence-electron chi connectivity index (χ0n) is 17.8. The molecule has 2 aromatic heterocycles. The molecular formula is C19H21N7O5S3. The van der Waals surface area contributed by atoms with E-state index in [1.165, 1.54) is 23.8 Å². The summed E-state index contributed by atoms with van der Waals surface area (Å²) in [6.45, 7) is 0.0250. The van der Waals surface area contributed by atoms with Gasteiger partial charge < -0.3 is 25.9 Å². The van der Waals surface area contributed by atoms with Gasteiger partial charge in [-0.25, -0.2) is 4.98 Å². The molecule has 2 aliphatic rings. The number of carbonyl (C=O) groups excluding carboxylic acids is 2. The van der Waals surface area contributed by atoms with E-state index < -0.39 is 28.7 Å². The number of thioether (sulfide) groups is 2. The van der Waals surface area contributed by atoms with E-state index in [1.807, 2.05) is 6.07 Å². The smallest absolute Gasteiger partial charge is 0.322 e. The van der Waals surface area contributed by atoms with Gasteiger partial charge in [-0.05, 0) is 23.1 Å². The summed E-state index contributed by atoms with van der Waals surface area (Å²) in [5.74, 6) is -1.52. The molecule has 180 valence electrons. The van der Waals surface area contributed by atoms with Gasteiger partial charge in [0.1, 0.15) is 16.2 Å². The Kier molecular flexibility index (Phi) is 7.37. The first kappa shape index (κ1) is 24.4. The Morgan fingerprint density at radius 1 is 1.50 bits per heavy atom. The summed E-state index contributed by atoms with van der Waals surface area (Å²) >= 11 is 3.40. The fourth-order valence-electron chi connectivity index (χ4n) is 3.46. The number of rotatable bonds is 9. The van der Waals surface area contributed by atoms with Crippen molar-refractivity contribution in [2.45, 2.75) is 22.2 Å². The molecule has 0 spiro atoms. The summed E-state index contributed by atoms with van der Waals surface area (Å²) in [5, 5.41) is 14.2. The van der Waals surface area contributed by atoms with Crippen molar-refractivity contribution in [1.82, 2.24) is 30.0 Å². The Hall–Kier alpha value is -2.72. The lowest BCUT2D eigenvalue weighted by Gasteiger charge is -2.53. The van der Waals surface area contributed by atoms with Crippen LogP contribution in [0.15, 0.2) is 29.9 Å². The maximum atomic E-state index is 12.8. The Balaban J connectivity index is 1.41. The lowest BCUT2D eigenvalue weighted by atomic mass is 10.0. The monoisotopic (exact) mass is 523 g/mol. The van der Waals surface area contributed by atoms with Crippen molar-refractivity contribution in [3.8, 4) is 0 Å². The first-order valence-corrected chi connectivity index (χ1v) is 12.6. The molecule has 2 amide bonds. The van der Waals surface area contributed by atoms with Gasteiger partial charge in [-0.15, -0.1) is 23.5 Å². The molecule has 15 heteroatoms. The Labute approximate surface area is 206 Å². The molecule has 4 heterocycles. The number of carbonyl (C=O) groups is 3. The number of pyridine rings is 1. The molecule has 4 rings (SSSR count). The van der Waals surface area contributed by atoms with Crippen LogP contribution in [0, 0.1) is 0 Å². The van der Waals surface area contributed by atoms with Crippen LogP contribution >= 0.6 is 35.1 Å². The minimum atomic E-state index is -1.20. The summed E-state index contributed by atoms with van der Waals surface area (Å²) < 4.78 is 2.82. The van der Waals surface area contributed by atoms with Gasteiger partial charge in [-0.2, -0.15) is 9.85 Å². The van der Waals surface area contributed by atoms with Gasteiger partial charge in [0.2, 0.25) is 11.8 Å². The third kappa shape index (κ3) is 4.88. The zero-order valence-corrected chi connectivity index (χ0v) is 20.2. The number of carboxylic acids is 1. The van der Waals surface area contributed by atoms with Crippen LogP contribution in [0.5, 0.6) is 0 Å². The molecule has 0 saturated carbocycles. The largest absolute Gasteiger partial charge is 0.480 e. The Morgan fingerprint density at radius 3 is 2.97 bits per heavy atom. The second-order valence-corrected chi connectivity index (χ2v) is 10.6. The van der Waals surface area contributed by atoms with Gasteiger partial charge in [0.15, 0.2) is 17.0 Å². The predicted molar refractivity (Wildman–Crippen MR) is 128 cm³/mol. The molecule has 0 bridgehead atoms. The van der Waals surface area contributed by atoms with Crippen LogP contribution in [0.1, 0.15) is 17.4 Å². The lowest BCUT2D eigenvalue weighted by Crippen LogP contribution is -2.74. The quantitative estimate of drug-likeness (QED) is 0.262. The summed E-state index contributed by atoms with van der Waals surface area (Å²) in [4.78, 5) is 52.2. The molecule has 0 aromatic carbocycles. The zero-order chi connectivity index (χ0) is 24.3. The number of nitrogen functional groups attached to an aromatic ring is 1. The molecule has 3 unspecified atom stereocenters. The highest BCUT2D eigenvalue weighted by atomic mass is 32.2. The highest BCUT2D eigenvalue weighted by Gasteiger charge is 2.57. The van der Waals surface area contributed by atoms with E-state index in [1.54, 1.807) is 29.9 Å². The van der Waals surface area contributed by atoms with E-state index in [9.17, 15) is 19.5 Å². The second kappa shape index (κ2) is 10.3. The van der Waals surface area contributed by atoms with Gasteiger partial charge in [0.05, 0.1) is 7.11 Å². The molecule has 34 heavy (non-hydrogen) atoms. The standard InChI is InChI=1S/C19H21N7O5S3/c1-31-24-11(13-23-18(20)34-25-13)14(27)22-12-15(28)26-8-19(17(29)30,9-32-16(12)26)33-6-4-10-3-2-5-21-7-10/h2-7,11-12,16,24H,8-9H2,1H3,(H,22,27)(H,29,30)(H2,20,23,25)/t11?,12?,16-,19?/m1/s1. The number of aliphatic carboxylic acids is 1. The average molecular weight is 524 g/mol. The molecule has 2 saturated heterocycles. The van der Waals surface area contributed by atoms with E-state index in [0.29, 0.717) is 0 Å². The van der Waals surface area contributed by atoms with E-state index in [2.05, 4.69) is 25.1 Å².